The molecular weight excluding hydrogens is 1010 g/mol. The fourth-order valence-corrected chi connectivity index (χ4v) is 12.4. The number of aryl methyl sites for hydroxylation is 8. The minimum absolute atomic E-state index is 0.0339. The number of alkyl halides is 6. The molecule has 0 spiro atoms. The average molecular weight is 1060 g/mol. The molecule has 12 rings (SSSR count). The summed E-state index contributed by atoms with van der Waals surface area (Å²) in [5.74, 6) is 0. The number of nitrogens with zero attached hydrogens (tertiary/aromatic N) is 3. The van der Waals surface area contributed by atoms with Gasteiger partial charge in [0, 0.05) is 27.1 Å². The molecule has 0 amide bonds. The first-order valence-corrected chi connectivity index (χ1v) is 26.5. The topological polar surface area (TPSA) is 33.6 Å². The minimum atomic E-state index is -5.21. The molecule has 0 aliphatic carbocycles. The predicted molar refractivity (Wildman–Crippen MR) is 315 cm³/mol. The van der Waals surface area contributed by atoms with Gasteiger partial charge in [-0.05, 0) is 154 Å². The van der Waals surface area contributed by atoms with E-state index < -0.39 is 29.0 Å². The third-order valence-corrected chi connectivity index (χ3v) is 15.4. The quantitative estimate of drug-likeness (QED) is 0.146. The number of nitriles is 1. The summed E-state index contributed by atoms with van der Waals surface area (Å²) in [5.41, 5.74) is 13.7. The van der Waals surface area contributed by atoms with E-state index in [-0.39, 0.29) is 22.5 Å². The lowest BCUT2D eigenvalue weighted by atomic mass is 9.91. The van der Waals surface area contributed by atoms with Crippen molar-refractivity contribution in [2.45, 2.75) is 67.7 Å². The summed E-state index contributed by atoms with van der Waals surface area (Å²) >= 11 is 0. The summed E-state index contributed by atoms with van der Waals surface area (Å²) in [6.45, 7) is 16.2. The van der Waals surface area contributed by atoms with Crippen molar-refractivity contribution in [3.05, 3.63) is 237 Å². The molecule has 0 saturated heterocycles. The molecule has 0 bridgehead atoms. The smallest absolute Gasteiger partial charge is 0.308 e. The molecule has 0 saturated carbocycles. The molecule has 2 heterocycles. The number of fused-ring (bicyclic) bond motifs is 6. The molecular formula is C71H53F6N3. The first kappa shape index (κ1) is 51.6. The number of rotatable bonds is 7. The largest absolute Gasteiger partial charge is 0.417 e. The maximum atomic E-state index is 15.6. The van der Waals surface area contributed by atoms with Crippen molar-refractivity contribution in [3.63, 3.8) is 0 Å². The fourth-order valence-electron chi connectivity index (χ4n) is 12.4. The van der Waals surface area contributed by atoms with Crippen molar-refractivity contribution in [3.8, 4) is 73.1 Å². The minimum Gasteiger partial charge on any atom is -0.308 e. The van der Waals surface area contributed by atoms with Crippen LogP contribution in [-0.4, -0.2) is 9.13 Å². The van der Waals surface area contributed by atoms with E-state index in [9.17, 15) is 5.26 Å². The van der Waals surface area contributed by atoms with Crippen molar-refractivity contribution >= 4 is 43.6 Å². The van der Waals surface area contributed by atoms with Gasteiger partial charge < -0.3 is 9.13 Å². The lowest BCUT2D eigenvalue weighted by molar-refractivity contribution is -0.142. The van der Waals surface area contributed by atoms with Gasteiger partial charge in [0.2, 0.25) is 0 Å². The van der Waals surface area contributed by atoms with Gasteiger partial charge in [-0.3, -0.25) is 0 Å². The van der Waals surface area contributed by atoms with Gasteiger partial charge in [0.05, 0.1) is 44.6 Å². The summed E-state index contributed by atoms with van der Waals surface area (Å²) in [7, 11) is 0. The Kier molecular flexibility index (Phi) is 12.3. The molecule has 12 aromatic rings. The van der Waals surface area contributed by atoms with Crippen LogP contribution in [0.4, 0.5) is 26.3 Å². The summed E-state index contributed by atoms with van der Waals surface area (Å²) in [5, 5.41) is 15.1. The Labute approximate surface area is 460 Å². The zero-order valence-corrected chi connectivity index (χ0v) is 45.4. The van der Waals surface area contributed by atoms with E-state index in [0.29, 0.717) is 34.2 Å². The molecule has 3 nitrogen and oxygen atoms in total. The van der Waals surface area contributed by atoms with Crippen LogP contribution in [0, 0.1) is 66.7 Å². The van der Waals surface area contributed by atoms with Gasteiger partial charge in [0.15, 0.2) is 0 Å². The second kappa shape index (κ2) is 19.1. The Bertz CT molecular complexity index is 4040. The first-order valence-electron chi connectivity index (χ1n) is 26.5. The Balaban J connectivity index is 1.29. The van der Waals surface area contributed by atoms with Crippen molar-refractivity contribution < 1.29 is 26.3 Å². The highest BCUT2D eigenvalue weighted by atomic mass is 19.4. The number of halogens is 6. The molecule has 9 heteroatoms. The lowest BCUT2D eigenvalue weighted by Gasteiger charge is -2.23. The molecule has 0 aliphatic rings. The normalized spacial score (nSPS) is 12.1. The second-order valence-electron chi connectivity index (χ2n) is 21.8. The maximum Gasteiger partial charge on any atom is 0.417 e. The molecule has 0 unspecified atom stereocenters. The number of hydrogen-bond donors (Lipinski definition) is 0. The molecule has 0 aliphatic heterocycles. The van der Waals surface area contributed by atoms with Gasteiger partial charge in [0.1, 0.15) is 11.6 Å². The van der Waals surface area contributed by atoms with E-state index >= 15 is 26.3 Å². The highest BCUT2D eigenvalue weighted by Crippen LogP contribution is 2.49. The average Bonchev–Trinajstić information content (AvgIpc) is 4.02. The van der Waals surface area contributed by atoms with Gasteiger partial charge >= 0.3 is 12.4 Å². The van der Waals surface area contributed by atoms with E-state index in [2.05, 4.69) is 78.9 Å². The highest BCUT2D eigenvalue weighted by Gasteiger charge is 2.41. The van der Waals surface area contributed by atoms with E-state index in [1.807, 2.05) is 137 Å². The van der Waals surface area contributed by atoms with Crippen LogP contribution in [0.5, 0.6) is 0 Å². The Morgan fingerprint density at radius 2 is 0.575 bits per heavy atom. The summed E-state index contributed by atoms with van der Waals surface area (Å²) in [4.78, 5) is 0. The Morgan fingerprint density at radius 3 is 0.812 bits per heavy atom. The van der Waals surface area contributed by atoms with Gasteiger partial charge in [-0.2, -0.15) is 31.6 Å². The predicted octanol–water partition coefficient (Wildman–Crippen LogP) is 20.6. The monoisotopic (exact) mass is 1060 g/mol. The third-order valence-electron chi connectivity index (χ3n) is 15.4. The van der Waals surface area contributed by atoms with Crippen molar-refractivity contribution in [1.82, 2.24) is 9.13 Å². The van der Waals surface area contributed by atoms with Crippen LogP contribution in [0.2, 0.25) is 0 Å². The molecule has 394 valence electrons. The van der Waals surface area contributed by atoms with Gasteiger partial charge in [-0.25, -0.2) is 0 Å². The van der Waals surface area contributed by atoms with E-state index in [1.54, 1.807) is 0 Å². The standard InChI is InChI=1S/C71H53F6N3/c1-39-20-40(2)25-51(24-39)47-12-16-56-57-17-13-48(52-26-41(3)21-42(4)27-52)33-64(57)79(63(56)32-47)67-36-55(69-61(70(72,73)74)10-9-11-62(69)71(75,76)77)37-68(60(67)38-78)80-65-34-49(53-28-43(5)22-44(6)29-53)14-18-58(65)59-19-15-50(35-66(59)80)54-30-45(7)23-46(8)31-54/h9-37H,1-8H3. The van der Waals surface area contributed by atoms with Crippen LogP contribution < -0.4 is 0 Å². The molecule has 80 heavy (non-hydrogen) atoms. The van der Waals surface area contributed by atoms with Crippen LogP contribution in [0.25, 0.3) is 111 Å². The molecule has 0 radical (unpaired) electrons. The Morgan fingerprint density at radius 1 is 0.312 bits per heavy atom. The van der Waals surface area contributed by atoms with Crippen molar-refractivity contribution in [2.75, 3.05) is 0 Å². The van der Waals surface area contributed by atoms with Crippen LogP contribution in [-0.2, 0) is 12.4 Å². The highest BCUT2D eigenvalue weighted by molar-refractivity contribution is 6.13. The lowest BCUT2D eigenvalue weighted by Crippen LogP contribution is -2.15. The van der Waals surface area contributed by atoms with Crippen molar-refractivity contribution in [2.24, 2.45) is 0 Å². The fraction of sp³-hybridized carbons (Fsp3) is 0.141. The molecule has 0 atom stereocenters. The van der Waals surface area contributed by atoms with E-state index in [4.69, 9.17) is 0 Å². The SMILES string of the molecule is Cc1cc(C)cc(-c2ccc3c4ccc(-c5cc(C)cc(C)c5)cc4n(-c4cc(-c5c(C(F)(F)F)cccc5C(F)(F)F)cc(-n5c6cc(-c7cc(C)cc(C)c7)ccc6c6ccc(-c7cc(C)cc(C)c7)cc65)c4C#N)c3c2)c1. The third kappa shape index (κ3) is 9.08. The van der Waals surface area contributed by atoms with E-state index in [1.165, 1.54) is 12.1 Å². The van der Waals surface area contributed by atoms with Crippen LogP contribution in [0.15, 0.2) is 176 Å². The second-order valence-corrected chi connectivity index (χ2v) is 21.8. The number of aromatic nitrogens is 2. The first-order chi connectivity index (χ1) is 38.1. The van der Waals surface area contributed by atoms with Crippen LogP contribution in [0.3, 0.4) is 0 Å². The maximum absolute atomic E-state index is 15.6. The number of hydrogen-bond acceptors (Lipinski definition) is 1. The summed E-state index contributed by atoms with van der Waals surface area (Å²) in [6.07, 6.45) is -10.4. The Hall–Kier alpha value is -9.13. The summed E-state index contributed by atoms with van der Waals surface area (Å²) < 4.78 is 97.6. The van der Waals surface area contributed by atoms with Gasteiger partial charge in [0.25, 0.3) is 0 Å². The van der Waals surface area contributed by atoms with Crippen LogP contribution >= 0.6 is 0 Å². The van der Waals surface area contributed by atoms with Crippen LogP contribution in [0.1, 0.15) is 61.2 Å². The van der Waals surface area contributed by atoms with Crippen molar-refractivity contribution in [1.29, 1.82) is 5.26 Å². The van der Waals surface area contributed by atoms with E-state index in [0.717, 1.165) is 117 Å². The summed E-state index contributed by atoms with van der Waals surface area (Å²) in [6, 6.07) is 56.5. The molecule has 0 N–H and O–H groups in total. The molecule has 0 fully saturated rings. The van der Waals surface area contributed by atoms with Gasteiger partial charge in [-0.1, -0.05) is 172 Å². The van der Waals surface area contributed by atoms with Gasteiger partial charge in [-0.15, -0.1) is 0 Å². The zero-order chi connectivity index (χ0) is 56.3. The number of benzene rings is 10. The molecule has 2 aromatic heterocycles. The zero-order valence-electron chi connectivity index (χ0n) is 45.4. The molecule has 10 aromatic carbocycles.